The molecule has 1 aliphatic rings. The molecule has 1 fully saturated rings. The predicted octanol–water partition coefficient (Wildman–Crippen LogP) is 8.87. The van der Waals surface area contributed by atoms with Crippen molar-refractivity contribution in [3.05, 3.63) is 114 Å². The van der Waals surface area contributed by atoms with Gasteiger partial charge in [0.2, 0.25) is 0 Å². The topological polar surface area (TPSA) is 129 Å². The van der Waals surface area contributed by atoms with E-state index in [-0.39, 0.29) is 46.4 Å². The maximum atomic E-state index is 12.2. The number of alkyl halides is 2. The fourth-order valence-electron chi connectivity index (χ4n) is 5.46. The third kappa shape index (κ3) is 12.4. The first kappa shape index (κ1) is 47.6. The molecule has 6 aromatic rings. The lowest BCUT2D eigenvalue weighted by atomic mass is 9.78. The van der Waals surface area contributed by atoms with E-state index in [1.807, 2.05) is 68.4 Å². The third-order valence-electron chi connectivity index (χ3n) is 9.37. The second kappa shape index (κ2) is 21.3. The van der Waals surface area contributed by atoms with Crippen molar-refractivity contribution in [2.24, 2.45) is 0 Å². The van der Waals surface area contributed by atoms with Gasteiger partial charge in [-0.05, 0) is 114 Å². The maximum absolute atomic E-state index is 12.2. The Bertz CT molecular complexity index is 2220. The van der Waals surface area contributed by atoms with Crippen LogP contribution < -0.4 is 14.9 Å². The number of aliphatic hydroxyl groups excluding tert-OH is 2. The lowest BCUT2D eigenvalue weighted by Gasteiger charge is -2.32. The Hall–Kier alpha value is -4.79. The number of pyridine rings is 4. The monoisotopic (exact) mass is 818 g/mol. The number of aryl methyl sites for hydroxylation is 2. The highest BCUT2D eigenvalue weighted by Crippen LogP contribution is 2.36. The van der Waals surface area contributed by atoms with Gasteiger partial charge in [-0.2, -0.15) is 0 Å². The van der Waals surface area contributed by atoms with Crippen LogP contribution in [0.5, 0.6) is 11.5 Å². The zero-order valence-electron chi connectivity index (χ0n) is 32.2. The highest BCUT2D eigenvalue weighted by atomic mass is 35.5. The molecule has 2 N–H and O–H groups in total. The molecule has 0 aliphatic carbocycles. The quantitative estimate of drug-likeness (QED) is 0.102. The van der Waals surface area contributed by atoms with Crippen molar-refractivity contribution in [2.45, 2.75) is 79.8 Å². The number of ether oxygens (including phenoxy) is 2. The molecule has 0 saturated carbocycles. The minimum absolute atomic E-state index is 0. The molecule has 5 heterocycles. The molecule has 14 heteroatoms. The van der Waals surface area contributed by atoms with Crippen LogP contribution >= 0.6 is 11.6 Å². The van der Waals surface area contributed by atoms with Crippen molar-refractivity contribution in [1.29, 1.82) is 0 Å². The minimum Gasteiger partial charge on any atom is -0.491 e. The Morgan fingerprint density at radius 1 is 0.690 bits per heavy atom. The standard InChI is InChI=1S/C18H17FN2O2.C12H18BNO2.C12H11ClFNO2.2CH4/c1-12-16(3-2-8-20-12)18-6-4-13-9-15(5-7-17(13)21-18)23-11-14(22)10-19;1-9-10(7-6-8-14-9)13-15-11(2,3)12(4,5)16-13;13-12-4-1-8-5-10(2-3-11(8)15-12)17-7-9(16)6-14;;/h2-9,14,22H,10-11H2,1H3;6-8H,1-5H3;1-5,9,16H,6-7H2;2*1H4/t14-;;9-;;/m1.1../s1. The highest BCUT2D eigenvalue weighted by molar-refractivity contribution is 6.62. The number of rotatable bonds is 10. The van der Waals surface area contributed by atoms with Gasteiger partial charge < -0.3 is 29.0 Å². The number of nitrogens with zero attached hydrogens (tertiary/aromatic N) is 4. The van der Waals surface area contributed by atoms with Crippen molar-refractivity contribution >= 4 is 46.0 Å². The van der Waals surface area contributed by atoms with Crippen LogP contribution in [0.2, 0.25) is 5.15 Å². The average Bonchev–Trinajstić information content (AvgIpc) is 3.41. The summed E-state index contributed by atoms with van der Waals surface area (Å²) in [6.45, 7) is 10.4. The van der Waals surface area contributed by atoms with Gasteiger partial charge in [-0.15, -0.1) is 0 Å². The van der Waals surface area contributed by atoms with E-state index in [1.54, 1.807) is 42.7 Å². The summed E-state index contributed by atoms with van der Waals surface area (Å²) in [4.78, 5) is 17.3. The van der Waals surface area contributed by atoms with Gasteiger partial charge in [0.05, 0.1) is 27.9 Å². The normalized spacial score (nSPS) is 14.8. The Kier molecular flexibility index (Phi) is 17.5. The smallest absolute Gasteiger partial charge is 0.491 e. The SMILES string of the molecule is C.C.Cc1ncccc1-c1ccc2cc(OC[C@H](O)CF)ccc2n1.Cc1ncccc1B1OC(C)(C)C(C)(C)O1.O[C@H](CF)COc1ccc2nc(Cl)ccc2c1. The molecular weight excluding hydrogens is 765 g/mol. The molecule has 7 rings (SSSR count). The summed E-state index contributed by atoms with van der Waals surface area (Å²) in [6, 6.07) is 25.9. The molecule has 10 nitrogen and oxygen atoms in total. The first-order valence-corrected chi connectivity index (χ1v) is 18.5. The van der Waals surface area contributed by atoms with E-state index < -0.39 is 25.6 Å². The molecule has 58 heavy (non-hydrogen) atoms. The van der Waals surface area contributed by atoms with Crippen molar-refractivity contribution < 1.29 is 37.8 Å². The molecule has 2 atom stereocenters. The lowest BCUT2D eigenvalue weighted by Crippen LogP contribution is -2.41. The molecule has 0 radical (unpaired) electrons. The van der Waals surface area contributed by atoms with Crippen LogP contribution in [-0.4, -0.2) is 87.2 Å². The van der Waals surface area contributed by atoms with Crippen molar-refractivity contribution in [3.63, 3.8) is 0 Å². The van der Waals surface area contributed by atoms with Gasteiger partial charge in [0.15, 0.2) is 0 Å². The van der Waals surface area contributed by atoms with Crippen molar-refractivity contribution in [1.82, 2.24) is 19.9 Å². The summed E-state index contributed by atoms with van der Waals surface area (Å²) in [5, 5.41) is 20.5. The molecule has 1 saturated heterocycles. The van der Waals surface area contributed by atoms with Gasteiger partial charge in [-0.3, -0.25) is 9.97 Å². The number of hydrogen-bond acceptors (Lipinski definition) is 10. The van der Waals surface area contributed by atoms with Crippen LogP contribution in [0.25, 0.3) is 33.1 Å². The van der Waals surface area contributed by atoms with E-state index in [1.165, 1.54) is 0 Å². The molecule has 0 bridgehead atoms. The zero-order chi connectivity index (χ0) is 40.5. The summed E-state index contributed by atoms with van der Waals surface area (Å²) in [7, 11) is -0.307. The first-order valence-electron chi connectivity index (χ1n) is 18.1. The summed E-state index contributed by atoms with van der Waals surface area (Å²) in [5.74, 6) is 1.14. The summed E-state index contributed by atoms with van der Waals surface area (Å²) < 4.78 is 46.8. The Morgan fingerprint density at radius 2 is 1.19 bits per heavy atom. The fraction of sp³-hybridized carbons (Fsp3) is 0.364. The molecular formula is C44H54BClF2N4O6. The Labute approximate surface area is 345 Å². The van der Waals surface area contributed by atoms with E-state index in [4.69, 9.17) is 35.5 Å². The summed E-state index contributed by atoms with van der Waals surface area (Å²) in [5.41, 5.74) is 5.78. The Morgan fingerprint density at radius 3 is 1.71 bits per heavy atom. The van der Waals surface area contributed by atoms with Gasteiger partial charge >= 0.3 is 7.12 Å². The van der Waals surface area contributed by atoms with Crippen LogP contribution in [0.3, 0.4) is 0 Å². The van der Waals surface area contributed by atoms with Crippen LogP contribution in [0.1, 0.15) is 53.9 Å². The van der Waals surface area contributed by atoms with E-state index in [0.717, 1.165) is 49.9 Å². The second-order valence-corrected chi connectivity index (χ2v) is 14.6. The fourth-order valence-corrected chi connectivity index (χ4v) is 5.61. The number of halogens is 3. The van der Waals surface area contributed by atoms with E-state index in [0.29, 0.717) is 16.7 Å². The third-order valence-corrected chi connectivity index (χ3v) is 9.58. The van der Waals surface area contributed by atoms with Crippen LogP contribution in [0, 0.1) is 13.8 Å². The molecule has 2 aromatic carbocycles. The molecule has 0 spiro atoms. The largest absolute Gasteiger partial charge is 0.496 e. The van der Waals surface area contributed by atoms with E-state index >= 15 is 0 Å². The van der Waals surface area contributed by atoms with E-state index in [9.17, 15) is 13.9 Å². The van der Waals surface area contributed by atoms with Crippen molar-refractivity contribution in [3.8, 4) is 22.8 Å². The minimum atomic E-state index is -1.10. The second-order valence-electron chi connectivity index (χ2n) is 14.2. The molecule has 0 amide bonds. The van der Waals surface area contributed by atoms with Crippen LogP contribution in [0.4, 0.5) is 8.78 Å². The van der Waals surface area contributed by atoms with Crippen LogP contribution in [-0.2, 0) is 9.31 Å². The van der Waals surface area contributed by atoms with Gasteiger partial charge in [0.1, 0.15) is 55.4 Å². The summed E-state index contributed by atoms with van der Waals surface area (Å²) in [6.07, 6.45) is 1.35. The van der Waals surface area contributed by atoms with Gasteiger partial charge in [0.25, 0.3) is 0 Å². The highest BCUT2D eigenvalue weighted by Gasteiger charge is 2.52. The van der Waals surface area contributed by atoms with Gasteiger partial charge in [-0.25, -0.2) is 18.7 Å². The Balaban J connectivity index is 0.000000234. The molecule has 4 aromatic heterocycles. The van der Waals surface area contributed by atoms with E-state index in [2.05, 4.69) is 47.6 Å². The zero-order valence-corrected chi connectivity index (χ0v) is 33.0. The van der Waals surface area contributed by atoms with Gasteiger partial charge in [0, 0.05) is 45.6 Å². The number of hydrogen-bond donors (Lipinski definition) is 2. The molecule has 0 unspecified atom stereocenters. The molecule has 1 aliphatic heterocycles. The summed E-state index contributed by atoms with van der Waals surface area (Å²) >= 11 is 5.76. The first-order chi connectivity index (χ1) is 26.7. The lowest BCUT2D eigenvalue weighted by molar-refractivity contribution is 0.00578. The van der Waals surface area contributed by atoms with Gasteiger partial charge in [-0.1, -0.05) is 38.6 Å². The van der Waals surface area contributed by atoms with Crippen molar-refractivity contribution in [2.75, 3.05) is 26.6 Å². The number of fused-ring (bicyclic) bond motifs is 2. The number of benzene rings is 2. The maximum Gasteiger partial charge on any atom is 0.496 e. The predicted molar refractivity (Wildman–Crippen MR) is 230 cm³/mol. The molecule has 310 valence electrons. The van der Waals surface area contributed by atoms with Crippen LogP contribution in [0.15, 0.2) is 97.3 Å². The number of aromatic nitrogens is 4. The average molecular weight is 819 g/mol. The number of aliphatic hydroxyl groups is 2.